The van der Waals surface area contributed by atoms with Gasteiger partial charge in [0.05, 0.1) is 0 Å². The zero-order chi connectivity index (χ0) is 10.4. The Kier molecular flexibility index (Phi) is 1.86. The van der Waals surface area contributed by atoms with Crippen LogP contribution in [0.15, 0.2) is 24.3 Å². The van der Waals surface area contributed by atoms with Crippen LogP contribution in [0.2, 0.25) is 0 Å². The van der Waals surface area contributed by atoms with Crippen molar-refractivity contribution < 1.29 is 5.11 Å². The Morgan fingerprint density at radius 3 is 2.50 bits per heavy atom. The Hall–Kier alpha value is -1.02. The number of benzene rings is 1. The molecule has 2 rings (SSSR count). The van der Waals surface area contributed by atoms with E-state index in [2.05, 4.69) is 13.8 Å². The number of rotatable bonds is 2. The number of phenols is 1. The number of hydrogen-bond acceptors (Lipinski definition) is 2. The first-order valence-electron chi connectivity index (χ1n) is 5.04. The van der Waals surface area contributed by atoms with E-state index < -0.39 is 0 Å². The van der Waals surface area contributed by atoms with Crippen LogP contribution in [0.25, 0.3) is 0 Å². The van der Waals surface area contributed by atoms with E-state index in [0.717, 1.165) is 18.4 Å². The molecule has 1 aromatic carbocycles. The molecule has 1 aliphatic rings. The summed E-state index contributed by atoms with van der Waals surface area (Å²) in [7, 11) is 0. The first-order valence-corrected chi connectivity index (χ1v) is 5.04. The van der Waals surface area contributed by atoms with Crippen molar-refractivity contribution in [3.8, 4) is 5.75 Å². The number of aromatic hydroxyl groups is 1. The van der Waals surface area contributed by atoms with Gasteiger partial charge in [-0.2, -0.15) is 0 Å². The van der Waals surface area contributed by atoms with Crippen molar-refractivity contribution in [3.63, 3.8) is 0 Å². The zero-order valence-electron chi connectivity index (χ0n) is 8.75. The van der Waals surface area contributed by atoms with Crippen LogP contribution in [0.5, 0.6) is 5.75 Å². The highest BCUT2D eigenvalue weighted by Crippen LogP contribution is 2.49. The molecular formula is C12H17NO. The van der Waals surface area contributed by atoms with Gasteiger partial charge in [-0.1, -0.05) is 26.0 Å². The molecule has 0 aromatic heterocycles. The third-order valence-electron chi connectivity index (χ3n) is 3.60. The molecule has 0 unspecified atom stereocenters. The van der Waals surface area contributed by atoms with Crippen LogP contribution >= 0.6 is 0 Å². The quantitative estimate of drug-likeness (QED) is 0.752. The Bertz CT molecular complexity index is 353. The van der Waals surface area contributed by atoms with Crippen LogP contribution < -0.4 is 5.73 Å². The Morgan fingerprint density at radius 2 is 2.00 bits per heavy atom. The molecule has 1 aromatic rings. The predicted molar refractivity (Wildman–Crippen MR) is 57.3 cm³/mol. The van der Waals surface area contributed by atoms with Crippen LogP contribution in [0.4, 0.5) is 0 Å². The lowest BCUT2D eigenvalue weighted by Crippen LogP contribution is -2.43. The molecule has 0 radical (unpaired) electrons. The predicted octanol–water partition coefficient (Wildman–Crippen LogP) is 2.16. The minimum atomic E-state index is -0.0687. The van der Waals surface area contributed by atoms with E-state index in [1.54, 1.807) is 6.07 Å². The summed E-state index contributed by atoms with van der Waals surface area (Å²) in [5.41, 5.74) is 7.23. The summed E-state index contributed by atoms with van der Waals surface area (Å²) >= 11 is 0. The van der Waals surface area contributed by atoms with Crippen LogP contribution in [-0.2, 0) is 5.41 Å². The lowest BCUT2D eigenvalue weighted by atomic mass is 9.76. The van der Waals surface area contributed by atoms with Gasteiger partial charge in [0.2, 0.25) is 0 Å². The van der Waals surface area contributed by atoms with Gasteiger partial charge in [0, 0.05) is 11.0 Å². The fraction of sp³-hybridized carbons (Fsp3) is 0.500. The minimum Gasteiger partial charge on any atom is -0.508 e. The summed E-state index contributed by atoms with van der Waals surface area (Å²) in [5.74, 6) is 0.319. The molecular weight excluding hydrogens is 174 g/mol. The van der Waals surface area contributed by atoms with Gasteiger partial charge >= 0.3 is 0 Å². The van der Waals surface area contributed by atoms with E-state index in [0.29, 0.717) is 5.75 Å². The summed E-state index contributed by atoms with van der Waals surface area (Å²) in [6.45, 7) is 4.30. The van der Waals surface area contributed by atoms with Crippen molar-refractivity contribution in [2.75, 3.05) is 0 Å². The second-order valence-corrected chi connectivity index (χ2v) is 4.83. The molecule has 0 aliphatic heterocycles. The van der Waals surface area contributed by atoms with Crippen LogP contribution in [0, 0.1) is 0 Å². The second-order valence-electron chi connectivity index (χ2n) is 4.83. The SMILES string of the molecule is CC(C)(c1cccc(O)c1)C1(N)CC1. The molecule has 0 bridgehead atoms. The second kappa shape index (κ2) is 2.74. The summed E-state index contributed by atoms with van der Waals surface area (Å²) in [6, 6.07) is 7.41. The molecule has 2 nitrogen and oxygen atoms in total. The fourth-order valence-corrected chi connectivity index (χ4v) is 1.94. The first-order chi connectivity index (χ1) is 6.46. The largest absolute Gasteiger partial charge is 0.508 e. The Labute approximate surface area is 84.7 Å². The van der Waals surface area contributed by atoms with Crippen molar-refractivity contribution >= 4 is 0 Å². The monoisotopic (exact) mass is 191 g/mol. The molecule has 1 fully saturated rings. The van der Waals surface area contributed by atoms with E-state index in [1.807, 2.05) is 18.2 Å². The Balaban J connectivity index is 2.38. The standard InChI is InChI=1S/C12H17NO/c1-11(2,12(13)6-7-12)9-4-3-5-10(14)8-9/h3-5,8,14H,6-7,13H2,1-2H3. The average molecular weight is 191 g/mol. The van der Waals surface area contributed by atoms with Crippen LogP contribution in [-0.4, -0.2) is 10.6 Å². The smallest absolute Gasteiger partial charge is 0.115 e. The first kappa shape index (κ1) is 9.53. The van der Waals surface area contributed by atoms with Gasteiger partial charge in [-0.15, -0.1) is 0 Å². The molecule has 3 N–H and O–H groups in total. The number of phenolic OH excluding ortho intramolecular Hbond substituents is 1. The van der Waals surface area contributed by atoms with Crippen molar-refractivity contribution in [3.05, 3.63) is 29.8 Å². The van der Waals surface area contributed by atoms with Crippen molar-refractivity contribution in [1.29, 1.82) is 0 Å². The molecule has 14 heavy (non-hydrogen) atoms. The maximum Gasteiger partial charge on any atom is 0.115 e. The topological polar surface area (TPSA) is 46.2 Å². The third-order valence-corrected chi connectivity index (χ3v) is 3.60. The van der Waals surface area contributed by atoms with Crippen molar-refractivity contribution in [1.82, 2.24) is 0 Å². The Morgan fingerprint density at radius 1 is 1.36 bits per heavy atom. The summed E-state index contributed by atoms with van der Waals surface area (Å²) in [6.07, 6.45) is 2.16. The van der Waals surface area contributed by atoms with Gasteiger partial charge < -0.3 is 10.8 Å². The molecule has 0 atom stereocenters. The van der Waals surface area contributed by atoms with E-state index in [1.165, 1.54) is 0 Å². The lowest BCUT2D eigenvalue weighted by molar-refractivity contribution is 0.388. The lowest BCUT2D eigenvalue weighted by Gasteiger charge is -2.32. The normalized spacial score (nSPS) is 19.4. The third kappa shape index (κ3) is 1.30. The summed E-state index contributed by atoms with van der Waals surface area (Å²) in [5, 5.41) is 9.42. The molecule has 0 heterocycles. The number of hydrogen-bond donors (Lipinski definition) is 2. The number of nitrogens with two attached hydrogens (primary N) is 1. The molecule has 0 saturated heterocycles. The maximum atomic E-state index is 9.42. The molecule has 2 heteroatoms. The highest BCUT2D eigenvalue weighted by atomic mass is 16.3. The van der Waals surface area contributed by atoms with E-state index in [4.69, 9.17) is 5.73 Å². The summed E-state index contributed by atoms with van der Waals surface area (Å²) < 4.78 is 0. The van der Waals surface area contributed by atoms with Crippen molar-refractivity contribution in [2.45, 2.75) is 37.6 Å². The van der Waals surface area contributed by atoms with Gasteiger partial charge in [0.25, 0.3) is 0 Å². The summed E-state index contributed by atoms with van der Waals surface area (Å²) in [4.78, 5) is 0. The van der Waals surface area contributed by atoms with E-state index in [9.17, 15) is 5.11 Å². The minimum absolute atomic E-state index is 0.0499. The van der Waals surface area contributed by atoms with Gasteiger partial charge in [-0.25, -0.2) is 0 Å². The fourth-order valence-electron chi connectivity index (χ4n) is 1.94. The highest BCUT2D eigenvalue weighted by Gasteiger charge is 2.51. The zero-order valence-corrected chi connectivity index (χ0v) is 8.75. The van der Waals surface area contributed by atoms with Gasteiger partial charge in [-0.3, -0.25) is 0 Å². The molecule has 1 saturated carbocycles. The maximum absolute atomic E-state index is 9.42. The molecule has 1 aliphatic carbocycles. The molecule has 0 spiro atoms. The average Bonchev–Trinajstić information content (AvgIpc) is 2.85. The molecule has 76 valence electrons. The van der Waals surface area contributed by atoms with E-state index in [-0.39, 0.29) is 11.0 Å². The molecule has 0 amide bonds. The van der Waals surface area contributed by atoms with Crippen molar-refractivity contribution in [2.24, 2.45) is 5.73 Å². The van der Waals surface area contributed by atoms with Crippen LogP contribution in [0.3, 0.4) is 0 Å². The van der Waals surface area contributed by atoms with Gasteiger partial charge in [-0.05, 0) is 30.5 Å². The highest BCUT2D eigenvalue weighted by molar-refractivity contribution is 5.37. The van der Waals surface area contributed by atoms with Gasteiger partial charge in [0.15, 0.2) is 0 Å². The van der Waals surface area contributed by atoms with E-state index >= 15 is 0 Å². The van der Waals surface area contributed by atoms with Crippen LogP contribution in [0.1, 0.15) is 32.3 Å². The van der Waals surface area contributed by atoms with Gasteiger partial charge in [0.1, 0.15) is 5.75 Å².